The molecule has 88 valence electrons. The summed E-state index contributed by atoms with van der Waals surface area (Å²) in [5.74, 6) is 0.949. The molecule has 1 aromatic carbocycles. The van der Waals surface area contributed by atoms with Gasteiger partial charge in [-0.3, -0.25) is 0 Å². The minimum Gasteiger partial charge on any atom is -0.490 e. The lowest BCUT2D eigenvalue weighted by molar-refractivity contribution is 0.207. The Morgan fingerprint density at radius 2 is 2.06 bits per heavy atom. The predicted molar refractivity (Wildman–Crippen MR) is 69.6 cm³/mol. The standard InChI is InChI=1S/C13H18BrNO/c1-9(15)12-8-10(14)6-7-13(12)16-11-4-2-3-5-11/h6-9,11H,2-5,15H2,1H3. The first-order chi connectivity index (χ1) is 7.66. The van der Waals surface area contributed by atoms with Crippen LogP contribution in [0.15, 0.2) is 22.7 Å². The van der Waals surface area contributed by atoms with Gasteiger partial charge in [-0.05, 0) is 50.8 Å². The van der Waals surface area contributed by atoms with Gasteiger partial charge in [-0.2, -0.15) is 0 Å². The Bertz CT molecular complexity index is 359. The fourth-order valence-electron chi connectivity index (χ4n) is 2.17. The molecular formula is C13H18BrNO. The topological polar surface area (TPSA) is 35.2 Å². The highest BCUT2D eigenvalue weighted by Gasteiger charge is 2.18. The summed E-state index contributed by atoms with van der Waals surface area (Å²) in [4.78, 5) is 0. The second-order valence-corrected chi connectivity index (χ2v) is 5.41. The van der Waals surface area contributed by atoms with E-state index < -0.39 is 0 Å². The van der Waals surface area contributed by atoms with E-state index in [2.05, 4.69) is 22.0 Å². The maximum absolute atomic E-state index is 6.02. The third-order valence-corrected chi connectivity index (χ3v) is 3.55. The van der Waals surface area contributed by atoms with Gasteiger partial charge in [0.25, 0.3) is 0 Å². The van der Waals surface area contributed by atoms with Crippen LogP contribution in [0, 0.1) is 0 Å². The summed E-state index contributed by atoms with van der Waals surface area (Å²) in [6.45, 7) is 1.99. The minimum absolute atomic E-state index is 0.00824. The van der Waals surface area contributed by atoms with E-state index in [0.717, 1.165) is 15.8 Å². The quantitative estimate of drug-likeness (QED) is 0.916. The number of benzene rings is 1. The van der Waals surface area contributed by atoms with Crippen LogP contribution >= 0.6 is 15.9 Å². The molecule has 3 heteroatoms. The molecule has 2 rings (SSSR count). The van der Waals surface area contributed by atoms with Crippen LogP contribution in [0.25, 0.3) is 0 Å². The lowest BCUT2D eigenvalue weighted by Gasteiger charge is -2.18. The fraction of sp³-hybridized carbons (Fsp3) is 0.538. The molecule has 0 saturated heterocycles. The third kappa shape index (κ3) is 2.77. The largest absolute Gasteiger partial charge is 0.490 e. The molecule has 1 fully saturated rings. The van der Waals surface area contributed by atoms with Crippen molar-refractivity contribution in [2.24, 2.45) is 5.73 Å². The summed E-state index contributed by atoms with van der Waals surface area (Å²) in [6, 6.07) is 6.08. The first-order valence-corrected chi connectivity index (χ1v) is 6.68. The molecular weight excluding hydrogens is 266 g/mol. The van der Waals surface area contributed by atoms with Crippen molar-refractivity contribution in [2.75, 3.05) is 0 Å². The van der Waals surface area contributed by atoms with E-state index in [1.807, 2.05) is 19.1 Å². The molecule has 0 radical (unpaired) electrons. The number of nitrogens with two attached hydrogens (primary N) is 1. The minimum atomic E-state index is 0.00824. The van der Waals surface area contributed by atoms with Crippen LogP contribution in [-0.4, -0.2) is 6.10 Å². The monoisotopic (exact) mass is 283 g/mol. The van der Waals surface area contributed by atoms with Crippen LogP contribution in [0.1, 0.15) is 44.2 Å². The molecule has 0 bridgehead atoms. The number of halogens is 1. The lowest BCUT2D eigenvalue weighted by Crippen LogP contribution is -2.14. The zero-order valence-corrected chi connectivity index (χ0v) is 11.2. The van der Waals surface area contributed by atoms with Crippen molar-refractivity contribution >= 4 is 15.9 Å². The second-order valence-electron chi connectivity index (χ2n) is 4.50. The number of hydrogen-bond acceptors (Lipinski definition) is 2. The van der Waals surface area contributed by atoms with Gasteiger partial charge in [0.1, 0.15) is 5.75 Å². The van der Waals surface area contributed by atoms with Gasteiger partial charge in [0.05, 0.1) is 6.10 Å². The number of ether oxygens (including phenoxy) is 1. The van der Waals surface area contributed by atoms with E-state index in [0.29, 0.717) is 6.10 Å². The molecule has 1 unspecified atom stereocenters. The number of rotatable bonds is 3. The molecule has 1 saturated carbocycles. The Kier molecular flexibility index (Phi) is 3.87. The van der Waals surface area contributed by atoms with Crippen molar-refractivity contribution < 1.29 is 4.74 Å². The van der Waals surface area contributed by atoms with Crippen LogP contribution in [-0.2, 0) is 0 Å². The van der Waals surface area contributed by atoms with Gasteiger partial charge >= 0.3 is 0 Å². The molecule has 0 amide bonds. The lowest BCUT2D eigenvalue weighted by atomic mass is 10.1. The van der Waals surface area contributed by atoms with E-state index in [9.17, 15) is 0 Å². The highest BCUT2D eigenvalue weighted by atomic mass is 79.9. The van der Waals surface area contributed by atoms with Crippen molar-refractivity contribution in [2.45, 2.75) is 44.8 Å². The SMILES string of the molecule is CC(N)c1cc(Br)ccc1OC1CCCC1. The van der Waals surface area contributed by atoms with Crippen LogP contribution in [0.3, 0.4) is 0 Å². The Balaban J connectivity index is 2.18. The zero-order chi connectivity index (χ0) is 11.5. The van der Waals surface area contributed by atoms with Crippen LogP contribution in [0.5, 0.6) is 5.75 Å². The normalized spacial score (nSPS) is 18.7. The molecule has 16 heavy (non-hydrogen) atoms. The van der Waals surface area contributed by atoms with Crippen molar-refractivity contribution in [1.29, 1.82) is 0 Å². The number of hydrogen-bond donors (Lipinski definition) is 1. The molecule has 0 spiro atoms. The van der Waals surface area contributed by atoms with Gasteiger partial charge in [-0.15, -0.1) is 0 Å². The molecule has 0 aliphatic heterocycles. The summed E-state index contributed by atoms with van der Waals surface area (Å²) in [5.41, 5.74) is 7.04. The Hall–Kier alpha value is -0.540. The smallest absolute Gasteiger partial charge is 0.124 e. The van der Waals surface area contributed by atoms with Gasteiger partial charge in [0, 0.05) is 16.1 Å². The second kappa shape index (κ2) is 5.19. The Morgan fingerprint density at radius 3 is 2.69 bits per heavy atom. The van der Waals surface area contributed by atoms with E-state index in [1.165, 1.54) is 25.7 Å². The van der Waals surface area contributed by atoms with Crippen LogP contribution in [0.2, 0.25) is 0 Å². The fourth-order valence-corrected chi connectivity index (χ4v) is 2.55. The van der Waals surface area contributed by atoms with Gasteiger partial charge in [0.15, 0.2) is 0 Å². The molecule has 1 aliphatic rings. The highest BCUT2D eigenvalue weighted by molar-refractivity contribution is 9.10. The molecule has 1 aliphatic carbocycles. The van der Waals surface area contributed by atoms with E-state index >= 15 is 0 Å². The zero-order valence-electron chi connectivity index (χ0n) is 9.58. The Labute approximate surface area is 105 Å². The maximum Gasteiger partial charge on any atom is 0.124 e. The van der Waals surface area contributed by atoms with Crippen molar-refractivity contribution in [1.82, 2.24) is 0 Å². The predicted octanol–water partition coefficient (Wildman–Crippen LogP) is 3.79. The first-order valence-electron chi connectivity index (χ1n) is 5.88. The first kappa shape index (κ1) is 11.9. The average molecular weight is 284 g/mol. The van der Waals surface area contributed by atoms with Gasteiger partial charge in [-0.25, -0.2) is 0 Å². The highest BCUT2D eigenvalue weighted by Crippen LogP contribution is 2.31. The van der Waals surface area contributed by atoms with E-state index in [-0.39, 0.29) is 6.04 Å². The molecule has 1 atom stereocenters. The molecule has 0 aromatic heterocycles. The van der Waals surface area contributed by atoms with Gasteiger partial charge < -0.3 is 10.5 Å². The summed E-state index contributed by atoms with van der Waals surface area (Å²) in [5, 5.41) is 0. The van der Waals surface area contributed by atoms with E-state index in [4.69, 9.17) is 10.5 Å². The molecule has 0 heterocycles. The summed E-state index contributed by atoms with van der Waals surface area (Å²) >= 11 is 3.47. The maximum atomic E-state index is 6.02. The molecule has 2 nitrogen and oxygen atoms in total. The summed E-state index contributed by atoms with van der Waals surface area (Å²) in [7, 11) is 0. The summed E-state index contributed by atoms with van der Waals surface area (Å²) in [6.07, 6.45) is 5.31. The van der Waals surface area contributed by atoms with Crippen molar-refractivity contribution in [3.63, 3.8) is 0 Å². The van der Waals surface area contributed by atoms with E-state index in [1.54, 1.807) is 0 Å². The summed E-state index contributed by atoms with van der Waals surface area (Å²) < 4.78 is 7.08. The van der Waals surface area contributed by atoms with Gasteiger partial charge in [0.2, 0.25) is 0 Å². The Morgan fingerprint density at radius 1 is 1.38 bits per heavy atom. The van der Waals surface area contributed by atoms with Gasteiger partial charge in [-0.1, -0.05) is 15.9 Å². The molecule has 1 aromatic rings. The average Bonchev–Trinajstić information content (AvgIpc) is 2.73. The molecule has 2 N–H and O–H groups in total. The van der Waals surface area contributed by atoms with Crippen molar-refractivity contribution in [3.8, 4) is 5.75 Å². The van der Waals surface area contributed by atoms with Crippen LogP contribution < -0.4 is 10.5 Å². The third-order valence-electron chi connectivity index (χ3n) is 3.06. The van der Waals surface area contributed by atoms with Crippen molar-refractivity contribution in [3.05, 3.63) is 28.2 Å². The van der Waals surface area contributed by atoms with Crippen LogP contribution in [0.4, 0.5) is 0 Å².